The van der Waals surface area contributed by atoms with Gasteiger partial charge in [-0.25, -0.2) is 4.39 Å². The Balaban J connectivity index is 3.12. The Kier molecular flexibility index (Phi) is 4.54. The SMILES string of the molecule is COc1c(F)c(CCCO)cc(C)c1Br. The number of hydrogen-bond donors (Lipinski definition) is 1. The molecule has 1 aromatic rings. The van der Waals surface area contributed by atoms with E-state index in [1.54, 1.807) is 6.07 Å². The second-order valence-electron chi connectivity index (χ2n) is 3.34. The number of hydrogen-bond acceptors (Lipinski definition) is 2. The first-order valence-corrected chi connectivity index (χ1v) is 5.53. The minimum absolute atomic E-state index is 0.0663. The Hall–Kier alpha value is -0.610. The van der Waals surface area contributed by atoms with Crippen LogP contribution in [-0.2, 0) is 6.42 Å². The second kappa shape index (κ2) is 5.47. The standard InChI is InChI=1S/C11H14BrFO2/c1-7-6-8(4-3-5-14)10(13)11(15-2)9(7)12/h6,14H,3-5H2,1-2H3. The van der Waals surface area contributed by atoms with Crippen LogP contribution < -0.4 is 4.74 Å². The van der Waals surface area contributed by atoms with Crippen molar-refractivity contribution < 1.29 is 14.2 Å². The van der Waals surface area contributed by atoms with E-state index in [4.69, 9.17) is 9.84 Å². The summed E-state index contributed by atoms with van der Waals surface area (Å²) in [7, 11) is 1.44. The summed E-state index contributed by atoms with van der Waals surface area (Å²) in [5.41, 5.74) is 1.52. The van der Waals surface area contributed by atoms with E-state index in [2.05, 4.69) is 15.9 Å². The quantitative estimate of drug-likeness (QED) is 0.917. The largest absolute Gasteiger partial charge is 0.492 e. The van der Waals surface area contributed by atoms with Crippen molar-refractivity contribution >= 4 is 15.9 Å². The van der Waals surface area contributed by atoms with Crippen molar-refractivity contribution in [1.82, 2.24) is 0 Å². The monoisotopic (exact) mass is 276 g/mol. The minimum Gasteiger partial charge on any atom is -0.492 e. The molecular formula is C11H14BrFO2. The molecule has 0 aliphatic carbocycles. The molecule has 2 nitrogen and oxygen atoms in total. The lowest BCUT2D eigenvalue weighted by molar-refractivity contribution is 0.287. The Labute approximate surface area is 97.2 Å². The molecular weight excluding hydrogens is 263 g/mol. The molecule has 0 aliphatic heterocycles. The number of benzene rings is 1. The minimum atomic E-state index is -0.344. The smallest absolute Gasteiger partial charge is 0.169 e. The van der Waals surface area contributed by atoms with Crippen LogP contribution in [0.2, 0.25) is 0 Å². The van der Waals surface area contributed by atoms with E-state index in [0.717, 1.165) is 5.56 Å². The Morgan fingerprint density at radius 1 is 1.53 bits per heavy atom. The maximum absolute atomic E-state index is 13.8. The number of aryl methyl sites for hydroxylation is 2. The topological polar surface area (TPSA) is 29.5 Å². The van der Waals surface area contributed by atoms with Gasteiger partial charge in [0.1, 0.15) is 0 Å². The summed E-state index contributed by atoms with van der Waals surface area (Å²) in [6.07, 6.45) is 1.08. The molecule has 1 aromatic carbocycles. The fourth-order valence-corrected chi connectivity index (χ4v) is 1.89. The fraction of sp³-hybridized carbons (Fsp3) is 0.455. The highest BCUT2D eigenvalue weighted by atomic mass is 79.9. The van der Waals surface area contributed by atoms with Crippen LogP contribution in [0.4, 0.5) is 4.39 Å². The van der Waals surface area contributed by atoms with E-state index in [1.807, 2.05) is 6.92 Å². The third-order valence-electron chi connectivity index (χ3n) is 2.23. The summed E-state index contributed by atoms with van der Waals surface area (Å²) in [6.45, 7) is 1.95. The summed E-state index contributed by atoms with van der Waals surface area (Å²) in [4.78, 5) is 0. The van der Waals surface area contributed by atoms with Crippen molar-refractivity contribution in [2.75, 3.05) is 13.7 Å². The molecule has 0 bridgehead atoms. The van der Waals surface area contributed by atoms with Crippen LogP contribution in [0.15, 0.2) is 10.5 Å². The van der Waals surface area contributed by atoms with Gasteiger partial charge in [0.15, 0.2) is 11.6 Å². The first-order valence-electron chi connectivity index (χ1n) is 4.74. The van der Waals surface area contributed by atoms with E-state index in [1.165, 1.54) is 7.11 Å². The predicted molar refractivity (Wildman–Crippen MR) is 60.8 cm³/mol. The first-order chi connectivity index (χ1) is 7.11. The molecule has 0 radical (unpaired) electrons. The van der Waals surface area contributed by atoms with Crippen molar-refractivity contribution in [3.05, 3.63) is 27.5 Å². The molecule has 1 N–H and O–H groups in total. The number of aliphatic hydroxyl groups is 1. The van der Waals surface area contributed by atoms with E-state index >= 15 is 0 Å². The van der Waals surface area contributed by atoms with Crippen molar-refractivity contribution in [2.24, 2.45) is 0 Å². The highest BCUT2D eigenvalue weighted by Gasteiger charge is 2.14. The summed E-state index contributed by atoms with van der Waals surface area (Å²) in [5.74, 6) is -0.105. The number of methoxy groups -OCH3 is 1. The zero-order valence-electron chi connectivity index (χ0n) is 8.81. The maximum Gasteiger partial charge on any atom is 0.169 e. The van der Waals surface area contributed by atoms with Crippen molar-refractivity contribution in [3.63, 3.8) is 0 Å². The van der Waals surface area contributed by atoms with Crippen LogP contribution in [0.3, 0.4) is 0 Å². The molecule has 4 heteroatoms. The molecule has 0 unspecified atom stereocenters. The van der Waals surface area contributed by atoms with Gasteiger partial charge < -0.3 is 9.84 Å². The van der Waals surface area contributed by atoms with Crippen LogP contribution in [-0.4, -0.2) is 18.8 Å². The van der Waals surface area contributed by atoms with Gasteiger partial charge in [0.25, 0.3) is 0 Å². The van der Waals surface area contributed by atoms with Gasteiger partial charge in [-0.15, -0.1) is 0 Å². The molecule has 0 heterocycles. The van der Waals surface area contributed by atoms with E-state index in [9.17, 15) is 4.39 Å². The molecule has 1 rings (SSSR count). The third kappa shape index (κ3) is 2.69. The molecule has 84 valence electrons. The van der Waals surface area contributed by atoms with Crippen molar-refractivity contribution in [2.45, 2.75) is 19.8 Å². The molecule has 0 spiro atoms. The van der Waals surface area contributed by atoms with Gasteiger partial charge in [0, 0.05) is 6.61 Å². The van der Waals surface area contributed by atoms with Gasteiger partial charge >= 0.3 is 0 Å². The third-order valence-corrected chi connectivity index (χ3v) is 3.21. The Morgan fingerprint density at radius 2 is 2.20 bits per heavy atom. The van der Waals surface area contributed by atoms with Crippen LogP contribution >= 0.6 is 15.9 Å². The number of ether oxygens (including phenoxy) is 1. The van der Waals surface area contributed by atoms with Gasteiger partial charge in [0.05, 0.1) is 11.6 Å². The predicted octanol–water partition coefficient (Wildman–Crippen LogP) is 2.83. The van der Waals surface area contributed by atoms with Crippen LogP contribution in [0.25, 0.3) is 0 Å². The lowest BCUT2D eigenvalue weighted by atomic mass is 10.1. The van der Waals surface area contributed by atoms with Gasteiger partial charge in [-0.1, -0.05) is 6.07 Å². The normalized spacial score (nSPS) is 10.5. The van der Waals surface area contributed by atoms with Crippen LogP contribution in [0.1, 0.15) is 17.5 Å². The summed E-state index contributed by atoms with van der Waals surface area (Å²) < 4.78 is 19.4. The molecule has 0 saturated carbocycles. The zero-order chi connectivity index (χ0) is 11.4. The number of halogens is 2. The van der Waals surface area contributed by atoms with E-state index in [0.29, 0.717) is 22.9 Å². The summed E-state index contributed by atoms with van der Waals surface area (Å²) in [5, 5.41) is 8.71. The van der Waals surface area contributed by atoms with Gasteiger partial charge in [-0.3, -0.25) is 0 Å². The molecule has 0 aromatic heterocycles. The van der Waals surface area contributed by atoms with Crippen molar-refractivity contribution in [3.8, 4) is 5.75 Å². The maximum atomic E-state index is 13.8. The lowest BCUT2D eigenvalue weighted by Gasteiger charge is -2.11. The fourth-order valence-electron chi connectivity index (χ4n) is 1.44. The van der Waals surface area contributed by atoms with E-state index < -0.39 is 0 Å². The molecule has 0 fully saturated rings. The Bertz CT molecular complexity index is 353. The van der Waals surface area contributed by atoms with Crippen LogP contribution in [0, 0.1) is 12.7 Å². The molecule has 0 atom stereocenters. The number of rotatable bonds is 4. The van der Waals surface area contributed by atoms with Gasteiger partial charge in [-0.2, -0.15) is 0 Å². The molecule has 0 amide bonds. The average molecular weight is 277 g/mol. The Morgan fingerprint density at radius 3 is 2.73 bits per heavy atom. The summed E-state index contributed by atoms with van der Waals surface area (Å²) >= 11 is 3.28. The van der Waals surface area contributed by atoms with Crippen molar-refractivity contribution in [1.29, 1.82) is 0 Å². The highest BCUT2D eigenvalue weighted by Crippen LogP contribution is 2.33. The number of aliphatic hydroxyl groups excluding tert-OH is 1. The van der Waals surface area contributed by atoms with Crippen LogP contribution in [0.5, 0.6) is 5.75 Å². The average Bonchev–Trinajstić information content (AvgIpc) is 2.22. The van der Waals surface area contributed by atoms with Gasteiger partial charge in [-0.05, 0) is 46.8 Å². The molecule has 15 heavy (non-hydrogen) atoms. The van der Waals surface area contributed by atoms with E-state index in [-0.39, 0.29) is 18.2 Å². The molecule has 0 aliphatic rings. The summed E-state index contributed by atoms with van der Waals surface area (Å²) in [6, 6.07) is 1.78. The first kappa shape index (κ1) is 12.5. The van der Waals surface area contributed by atoms with Gasteiger partial charge in [0.2, 0.25) is 0 Å². The molecule has 0 saturated heterocycles. The lowest BCUT2D eigenvalue weighted by Crippen LogP contribution is -1.99. The highest BCUT2D eigenvalue weighted by molar-refractivity contribution is 9.10. The zero-order valence-corrected chi connectivity index (χ0v) is 10.4. The second-order valence-corrected chi connectivity index (χ2v) is 4.13.